The van der Waals surface area contributed by atoms with Gasteiger partial charge in [-0.15, -0.1) is 6.42 Å². The Morgan fingerprint density at radius 3 is 2.26 bits per heavy atom. The molecule has 0 aromatic heterocycles. The maximum atomic E-state index is 14.3. The highest BCUT2D eigenvalue weighted by Gasteiger charge is 2.48. The van der Waals surface area contributed by atoms with E-state index >= 15 is 0 Å². The molecule has 39 heavy (non-hydrogen) atoms. The highest BCUT2D eigenvalue weighted by atomic mass is 16.6. The molecule has 0 bridgehead atoms. The number of hydrogen-bond acceptors (Lipinski definition) is 4. The van der Waals surface area contributed by atoms with Crippen LogP contribution in [0.2, 0.25) is 0 Å². The zero-order valence-electron chi connectivity index (χ0n) is 23.9. The van der Waals surface area contributed by atoms with Crippen LogP contribution in [0.1, 0.15) is 77.1 Å². The van der Waals surface area contributed by atoms with Crippen LogP contribution in [-0.2, 0) is 20.9 Å². The Labute approximate surface area is 232 Å². The topological polar surface area (TPSA) is 87.7 Å². The first kappa shape index (κ1) is 29.8. The lowest BCUT2D eigenvalue weighted by atomic mass is 9.95. The monoisotopic (exact) mass is 531 g/mol. The van der Waals surface area contributed by atoms with E-state index in [4.69, 9.17) is 11.2 Å². The van der Waals surface area contributed by atoms with Crippen molar-refractivity contribution < 1.29 is 19.1 Å². The minimum Gasteiger partial charge on any atom is -0.444 e. The second-order valence-electron chi connectivity index (χ2n) is 11.7. The summed E-state index contributed by atoms with van der Waals surface area (Å²) < 4.78 is 5.47. The Balaban J connectivity index is 2.01. The van der Waals surface area contributed by atoms with Crippen molar-refractivity contribution in [3.05, 3.63) is 71.3 Å². The molecule has 1 aliphatic rings. The smallest absolute Gasteiger partial charge is 0.408 e. The van der Waals surface area contributed by atoms with Crippen LogP contribution in [0.3, 0.4) is 0 Å². The van der Waals surface area contributed by atoms with Gasteiger partial charge in [0.25, 0.3) is 0 Å². The van der Waals surface area contributed by atoms with Gasteiger partial charge in [-0.2, -0.15) is 0 Å². The van der Waals surface area contributed by atoms with E-state index in [9.17, 15) is 14.4 Å². The SMILES string of the molecule is C#Cc1ccccc1C(C(=O)NCc1ccccc1)N(C(=O)C(CC(C)C)NC(=O)OC(C)(C)C)C1CC1C. The van der Waals surface area contributed by atoms with Crippen LogP contribution in [0, 0.1) is 24.2 Å². The lowest BCUT2D eigenvalue weighted by molar-refractivity contribution is -0.143. The summed E-state index contributed by atoms with van der Waals surface area (Å²) >= 11 is 0. The van der Waals surface area contributed by atoms with Gasteiger partial charge in [-0.05, 0) is 62.6 Å². The quantitative estimate of drug-likeness (QED) is 0.413. The van der Waals surface area contributed by atoms with Crippen LogP contribution >= 0.6 is 0 Å². The van der Waals surface area contributed by atoms with Crippen molar-refractivity contribution in [1.29, 1.82) is 0 Å². The normalized spacial score (nSPS) is 17.9. The average Bonchev–Trinajstić information content (AvgIpc) is 3.59. The molecule has 1 aliphatic carbocycles. The molecule has 0 spiro atoms. The maximum absolute atomic E-state index is 14.3. The molecule has 2 aromatic rings. The highest BCUT2D eigenvalue weighted by molar-refractivity contribution is 5.93. The van der Waals surface area contributed by atoms with Crippen molar-refractivity contribution in [1.82, 2.24) is 15.5 Å². The summed E-state index contributed by atoms with van der Waals surface area (Å²) in [5, 5.41) is 5.81. The molecule has 1 saturated carbocycles. The molecule has 7 nitrogen and oxygen atoms in total. The molecule has 2 aromatic carbocycles. The van der Waals surface area contributed by atoms with Crippen LogP contribution in [0.4, 0.5) is 4.79 Å². The van der Waals surface area contributed by atoms with E-state index in [0.717, 1.165) is 12.0 Å². The zero-order valence-corrected chi connectivity index (χ0v) is 23.9. The fourth-order valence-electron chi connectivity index (χ4n) is 4.66. The molecule has 0 saturated heterocycles. The predicted octanol–water partition coefficient (Wildman–Crippen LogP) is 5.20. The Kier molecular flexibility index (Phi) is 9.80. The van der Waals surface area contributed by atoms with Gasteiger partial charge in [0.15, 0.2) is 0 Å². The van der Waals surface area contributed by atoms with Crippen LogP contribution < -0.4 is 10.6 Å². The van der Waals surface area contributed by atoms with Gasteiger partial charge in [0.1, 0.15) is 17.7 Å². The molecule has 0 aliphatic heterocycles. The molecule has 3 rings (SSSR count). The summed E-state index contributed by atoms with van der Waals surface area (Å²) in [6.07, 6.45) is 6.32. The van der Waals surface area contributed by atoms with Crippen molar-refractivity contribution in [2.45, 2.75) is 84.7 Å². The highest BCUT2D eigenvalue weighted by Crippen LogP contribution is 2.41. The van der Waals surface area contributed by atoms with E-state index in [0.29, 0.717) is 24.1 Å². The number of ether oxygens (including phenoxy) is 1. The van der Waals surface area contributed by atoms with Gasteiger partial charge in [0.2, 0.25) is 11.8 Å². The molecule has 0 radical (unpaired) electrons. The number of nitrogens with one attached hydrogen (secondary N) is 2. The van der Waals surface area contributed by atoms with Gasteiger partial charge in [-0.25, -0.2) is 4.79 Å². The van der Waals surface area contributed by atoms with E-state index in [1.54, 1.807) is 37.8 Å². The molecule has 208 valence electrons. The fraction of sp³-hybridized carbons (Fsp3) is 0.469. The Morgan fingerprint density at radius 2 is 1.69 bits per heavy atom. The van der Waals surface area contributed by atoms with E-state index in [-0.39, 0.29) is 29.7 Å². The molecule has 7 heteroatoms. The molecule has 4 atom stereocenters. The molecule has 1 fully saturated rings. The van der Waals surface area contributed by atoms with Gasteiger partial charge < -0.3 is 20.3 Å². The van der Waals surface area contributed by atoms with Gasteiger partial charge in [0.05, 0.1) is 0 Å². The Hall–Kier alpha value is -3.79. The second kappa shape index (κ2) is 12.8. The van der Waals surface area contributed by atoms with Gasteiger partial charge >= 0.3 is 6.09 Å². The van der Waals surface area contributed by atoms with Crippen molar-refractivity contribution >= 4 is 17.9 Å². The second-order valence-corrected chi connectivity index (χ2v) is 11.7. The zero-order chi connectivity index (χ0) is 28.7. The van der Waals surface area contributed by atoms with Crippen LogP contribution in [-0.4, -0.2) is 40.5 Å². The standard InChI is InChI=1S/C32H41N3O4/c1-8-24-16-12-13-17-25(24)28(29(36)33-20-23-14-10-9-11-15-23)35(27-19-22(27)4)30(37)26(18-21(2)3)34-31(38)39-32(5,6)7/h1,9-17,21-22,26-28H,18-20H2,2-7H3,(H,33,36)(H,34,38). The first-order chi connectivity index (χ1) is 18.4. The van der Waals surface area contributed by atoms with Crippen molar-refractivity contribution in [2.24, 2.45) is 11.8 Å². The molecule has 0 heterocycles. The average molecular weight is 532 g/mol. The van der Waals surface area contributed by atoms with E-state index < -0.39 is 23.8 Å². The summed E-state index contributed by atoms with van der Waals surface area (Å²) in [5.41, 5.74) is 1.35. The van der Waals surface area contributed by atoms with Crippen LogP contribution in [0.5, 0.6) is 0 Å². The molecule has 2 N–H and O–H groups in total. The molecular formula is C32H41N3O4. The largest absolute Gasteiger partial charge is 0.444 e. The number of amides is 3. The van der Waals surface area contributed by atoms with Crippen molar-refractivity contribution in [2.75, 3.05) is 0 Å². The summed E-state index contributed by atoms with van der Waals surface area (Å²) in [6.45, 7) is 11.6. The van der Waals surface area contributed by atoms with E-state index in [1.807, 2.05) is 56.3 Å². The molecular weight excluding hydrogens is 490 g/mol. The van der Waals surface area contributed by atoms with Crippen LogP contribution in [0.15, 0.2) is 54.6 Å². The third kappa shape index (κ3) is 8.35. The molecule has 3 amide bonds. The third-order valence-electron chi connectivity index (χ3n) is 6.62. The number of carbonyl (C=O) groups is 3. The summed E-state index contributed by atoms with van der Waals surface area (Å²) in [6, 6.07) is 14.8. The number of hydrogen-bond donors (Lipinski definition) is 2. The van der Waals surface area contributed by atoms with Gasteiger partial charge in [0, 0.05) is 18.2 Å². The number of benzene rings is 2. The van der Waals surface area contributed by atoms with Gasteiger partial charge in [-0.3, -0.25) is 9.59 Å². The first-order valence-electron chi connectivity index (χ1n) is 13.6. The Morgan fingerprint density at radius 1 is 1.08 bits per heavy atom. The lowest BCUT2D eigenvalue weighted by Gasteiger charge is -2.36. The van der Waals surface area contributed by atoms with Crippen molar-refractivity contribution in [3.8, 4) is 12.3 Å². The number of carbonyl (C=O) groups excluding carboxylic acids is 3. The fourth-order valence-corrected chi connectivity index (χ4v) is 4.66. The van der Waals surface area contributed by atoms with Crippen molar-refractivity contribution in [3.63, 3.8) is 0 Å². The minimum atomic E-state index is -0.960. The number of rotatable bonds is 10. The molecule has 4 unspecified atom stereocenters. The first-order valence-corrected chi connectivity index (χ1v) is 13.6. The number of nitrogens with zero attached hydrogens (tertiary/aromatic N) is 1. The lowest BCUT2D eigenvalue weighted by Crippen LogP contribution is -2.54. The van der Waals surface area contributed by atoms with E-state index in [1.165, 1.54) is 0 Å². The van der Waals surface area contributed by atoms with Crippen LogP contribution in [0.25, 0.3) is 0 Å². The summed E-state index contributed by atoms with van der Waals surface area (Å²) in [5.74, 6) is 2.35. The maximum Gasteiger partial charge on any atom is 0.408 e. The summed E-state index contributed by atoms with van der Waals surface area (Å²) in [7, 11) is 0. The summed E-state index contributed by atoms with van der Waals surface area (Å²) in [4.78, 5) is 42.7. The van der Waals surface area contributed by atoms with Gasteiger partial charge in [-0.1, -0.05) is 75.2 Å². The Bertz CT molecular complexity index is 1200. The number of alkyl carbamates (subject to hydrolysis) is 1. The predicted molar refractivity (Wildman–Crippen MR) is 152 cm³/mol. The number of terminal acetylenes is 1. The van der Waals surface area contributed by atoms with E-state index in [2.05, 4.69) is 23.5 Å². The third-order valence-corrected chi connectivity index (χ3v) is 6.62. The minimum absolute atomic E-state index is 0.107.